The number of rotatable bonds is 8. The first kappa shape index (κ1) is 27.4. The van der Waals surface area contributed by atoms with E-state index in [0.717, 1.165) is 39.8 Å². The molecule has 10 heteroatoms. The average molecular weight is 561 g/mol. The van der Waals surface area contributed by atoms with Crippen molar-refractivity contribution < 1.29 is 14.2 Å². The Labute approximate surface area is 237 Å². The number of aromatic hydroxyl groups is 1. The fourth-order valence-electron chi connectivity index (χ4n) is 4.52. The maximum Gasteiger partial charge on any atom is 0.245 e. The van der Waals surface area contributed by atoms with Gasteiger partial charge in [0.2, 0.25) is 5.95 Å². The van der Waals surface area contributed by atoms with Crippen molar-refractivity contribution in [2.45, 2.75) is 19.8 Å². The summed E-state index contributed by atoms with van der Waals surface area (Å²) < 4.78 is 19.7. The highest BCUT2D eigenvalue weighted by atomic mass is 35.5. The quantitative estimate of drug-likeness (QED) is 0.161. The maximum absolute atomic E-state index is 14.3. The largest absolute Gasteiger partial charge is 0.508 e. The molecule has 3 aromatic carbocycles. The first-order valence-electron chi connectivity index (χ1n) is 13.0. The van der Waals surface area contributed by atoms with Crippen molar-refractivity contribution in [2.75, 3.05) is 41.9 Å². The van der Waals surface area contributed by atoms with Gasteiger partial charge in [0.15, 0.2) is 11.6 Å². The Morgan fingerprint density at radius 3 is 2.65 bits per heavy atom. The topological polar surface area (TPSA) is 94.9 Å². The summed E-state index contributed by atoms with van der Waals surface area (Å²) >= 11 is 6.42. The first-order chi connectivity index (χ1) is 19.4. The van der Waals surface area contributed by atoms with E-state index in [1.807, 2.05) is 41.3 Å². The van der Waals surface area contributed by atoms with Gasteiger partial charge in [-0.1, -0.05) is 43.6 Å². The van der Waals surface area contributed by atoms with Crippen LogP contribution in [-0.4, -0.2) is 47.6 Å². The number of aromatic nitrogens is 2. The minimum Gasteiger partial charge on any atom is -0.508 e. The molecule has 2 heterocycles. The molecule has 0 radical (unpaired) electrons. The molecule has 0 atom stereocenters. The van der Waals surface area contributed by atoms with Gasteiger partial charge in [0.25, 0.3) is 0 Å². The zero-order valence-corrected chi connectivity index (χ0v) is 23.0. The van der Waals surface area contributed by atoms with Crippen LogP contribution in [0.4, 0.5) is 27.5 Å². The van der Waals surface area contributed by atoms with Crippen molar-refractivity contribution >= 4 is 41.0 Å². The molecule has 1 aliphatic rings. The van der Waals surface area contributed by atoms with Crippen LogP contribution in [0.25, 0.3) is 11.1 Å². The number of phenols is 1. The molecule has 8 nitrogen and oxygen atoms in total. The number of morpholine rings is 1. The third-order valence-electron chi connectivity index (χ3n) is 6.48. The van der Waals surface area contributed by atoms with Crippen LogP contribution in [0.1, 0.15) is 30.9 Å². The third-order valence-corrected chi connectivity index (χ3v) is 6.70. The van der Waals surface area contributed by atoms with Crippen LogP contribution >= 0.6 is 11.6 Å². The van der Waals surface area contributed by atoms with E-state index >= 15 is 0 Å². The van der Waals surface area contributed by atoms with E-state index < -0.39 is 5.82 Å². The van der Waals surface area contributed by atoms with Crippen LogP contribution in [0, 0.1) is 5.82 Å². The molecule has 3 N–H and O–H groups in total. The summed E-state index contributed by atoms with van der Waals surface area (Å²) in [5, 5.41) is 18.2. The van der Waals surface area contributed by atoms with Gasteiger partial charge in [-0.15, -0.1) is 0 Å². The second kappa shape index (κ2) is 12.3. The number of anilines is 4. The molecule has 0 aliphatic carbocycles. The molecule has 0 unspecified atom stereocenters. The monoisotopic (exact) mass is 560 g/mol. The van der Waals surface area contributed by atoms with Gasteiger partial charge >= 0.3 is 0 Å². The Hall–Kier alpha value is -4.21. The summed E-state index contributed by atoms with van der Waals surface area (Å²) in [5.41, 5.74) is 8.32. The highest BCUT2D eigenvalue weighted by Crippen LogP contribution is 2.32. The Balaban J connectivity index is 1.32. The number of halogens is 2. The lowest BCUT2D eigenvalue weighted by atomic mass is 9.97. The number of ether oxygens (including phenoxy) is 1. The van der Waals surface area contributed by atoms with Gasteiger partial charge in [-0.2, -0.15) is 10.1 Å². The van der Waals surface area contributed by atoms with E-state index in [-0.39, 0.29) is 23.4 Å². The van der Waals surface area contributed by atoms with E-state index in [1.54, 1.807) is 24.4 Å². The number of phenolic OH excluding ortho intramolecular Hbond substituents is 1. The fraction of sp³-hybridized carbons (Fsp3) is 0.233. The number of hydrogen-bond donors (Lipinski definition) is 3. The van der Waals surface area contributed by atoms with Gasteiger partial charge in [-0.3, -0.25) is 0 Å². The van der Waals surface area contributed by atoms with Gasteiger partial charge in [0.05, 0.1) is 25.6 Å². The first-order valence-corrected chi connectivity index (χ1v) is 13.4. The van der Waals surface area contributed by atoms with Gasteiger partial charge < -0.3 is 20.1 Å². The second-order valence-corrected chi connectivity index (χ2v) is 10.2. The van der Waals surface area contributed by atoms with Crippen molar-refractivity contribution in [2.24, 2.45) is 5.10 Å². The van der Waals surface area contributed by atoms with Gasteiger partial charge in [-0.25, -0.2) is 14.8 Å². The smallest absolute Gasteiger partial charge is 0.245 e. The molecular formula is C30H30ClFN6O2. The van der Waals surface area contributed by atoms with Crippen LogP contribution < -0.4 is 15.6 Å². The minimum atomic E-state index is -0.477. The molecule has 0 bridgehead atoms. The van der Waals surface area contributed by atoms with Crippen molar-refractivity contribution in [1.82, 2.24) is 9.97 Å². The van der Waals surface area contributed by atoms with Crippen molar-refractivity contribution in [1.29, 1.82) is 0 Å². The van der Waals surface area contributed by atoms with E-state index in [1.165, 1.54) is 0 Å². The number of hydrazone groups is 1. The minimum absolute atomic E-state index is 0.198. The van der Waals surface area contributed by atoms with E-state index in [2.05, 4.69) is 45.7 Å². The average Bonchev–Trinajstić information content (AvgIpc) is 2.94. The lowest BCUT2D eigenvalue weighted by Gasteiger charge is -2.27. The molecule has 5 rings (SSSR count). The Morgan fingerprint density at radius 1 is 1.05 bits per heavy atom. The van der Waals surface area contributed by atoms with Crippen molar-refractivity contribution in [3.8, 4) is 16.9 Å². The predicted octanol–water partition coefficient (Wildman–Crippen LogP) is 6.79. The summed E-state index contributed by atoms with van der Waals surface area (Å²) in [6.07, 6.45) is 2.86. The zero-order chi connectivity index (χ0) is 28.1. The SMILES string of the molecule is CC(C)c1cc(Nc2cc(Cl)cc(-c3cccc(O)c3)c2)ccc1/C=N/Nc1ncc(F)c(N2CCOCC2)n1. The highest BCUT2D eigenvalue weighted by Gasteiger charge is 2.18. The molecule has 0 spiro atoms. The van der Waals surface area contributed by atoms with E-state index in [0.29, 0.717) is 31.3 Å². The summed E-state index contributed by atoms with van der Waals surface area (Å²) in [4.78, 5) is 10.2. The molecule has 0 amide bonds. The number of hydrogen-bond acceptors (Lipinski definition) is 8. The standard InChI is InChI=1S/C30H30ClFN6O2/c1-19(2)27-16-24(35-25-13-22(12-23(31)15-25)20-4-3-5-26(39)14-20)7-6-21(27)17-34-37-30-33-18-28(32)29(36-30)38-8-10-40-11-9-38/h3-7,12-19,35,39H,8-11H2,1-2H3,(H,33,36,37)/b34-17+. The number of nitrogens with zero attached hydrogens (tertiary/aromatic N) is 4. The fourth-order valence-corrected chi connectivity index (χ4v) is 4.75. The van der Waals surface area contributed by atoms with E-state index in [9.17, 15) is 9.50 Å². The second-order valence-electron chi connectivity index (χ2n) is 9.74. The Bertz CT molecular complexity index is 1520. The maximum atomic E-state index is 14.3. The summed E-state index contributed by atoms with van der Waals surface area (Å²) in [5.74, 6) is 0.397. The molecule has 1 fully saturated rings. The molecule has 0 saturated carbocycles. The number of nitrogens with one attached hydrogen (secondary N) is 2. The van der Waals surface area contributed by atoms with Gasteiger partial charge in [-0.05, 0) is 70.6 Å². The van der Waals surface area contributed by atoms with Gasteiger partial charge in [0.1, 0.15) is 5.75 Å². The molecule has 1 saturated heterocycles. The van der Waals surface area contributed by atoms with Crippen LogP contribution in [-0.2, 0) is 4.74 Å². The zero-order valence-electron chi connectivity index (χ0n) is 22.2. The molecule has 1 aliphatic heterocycles. The van der Waals surface area contributed by atoms with Crippen LogP contribution in [0.15, 0.2) is 72.0 Å². The normalized spacial score (nSPS) is 13.7. The highest BCUT2D eigenvalue weighted by molar-refractivity contribution is 6.31. The van der Waals surface area contributed by atoms with Crippen LogP contribution in [0.2, 0.25) is 5.02 Å². The number of benzene rings is 3. The van der Waals surface area contributed by atoms with Gasteiger partial charge in [0, 0.05) is 29.5 Å². The van der Waals surface area contributed by atoms with Crippen LogP contribution in [0.5, 0.6) is 5.75 Å². The summed E-state index contributed by atoms with van der Waals surface area (Å²) in [7, 11) is 0. The van der Waals surface area contributed by atoms with Crippen molar-refractivity contribution in [3.05, 3.63) is 88.8 Å². The van der Waals surface area contributed by atoms with Crippen molar-refractivity contribution in [3.63, 3.8) is 0 Å². The Kier molecular flexibility index (Phi) is 8.42. The third kappa shape index (κ3) is 6.67. The lowest BCUT2D eigenvalue weighted by Crippen LogP contribution is -2.37. The predicted molar refractivity (Wildman–Crippen MR) is 159 cm³/mol. The molecule has 40 heavy (non-hydrogen) atoms. The molecule has 4 aromatic rings. The lowest BCUT2D eigenvalue weighted by molar-refractivity contribution is 0.122. The molecule has 1 aromatic heterocycles. The Morgan fingerprint density at radius 2 is 1.88 bits per heavy atom. The summed E-state index contributed by atoms with van der Waals surface area (Å²) in [6, 6.07) is 18.8. The molecule has 206 valence electrons. The van der Waals surface area contributed by atoms with Crippen LogP contribution in [0.3, 0.4) is 0 Å². The molecular weight excluding hydrogens is 531 g/mol. The summed E-state index contributed by atoms with van der Waals surface area (Å²) in [6.45, 7) is 6.43. The van der Waals surface area contributed by atoms with E-state index in [4.69, 9.17) is 16.3 Å².